The van der Waals surface area contributed by atoms with Crippen molar-refractivity contribution in [1.82, 2.24) is 16.0 Å². The van der Waals surface area contributed by atoms with Gasteiger partial charge < -0.3 is 16.0 Å². The third-order valence-corrected chi connectivity index (χ3v) is 1.84. The van der Waals surface area contributed by atoms with Crippen LogP contribution in [0.3, 0.4) is 0 Å². The maximum atomic E-state index is 5.74. The second-order valence-electron chi connectivity index (χ2n) is 3.48. The second-order valence-corrected chi connectivity index (χ2v) is 3.89. The van der Waals surface area contributed by atoms with E-state index in [0.29, 0.717) is 5.16 Å². The van der Waals surface area contributed by atoms with Crippen LogP contribution in [0.4, 0.5) is 0 Å². The average Bonchev–Trinajstić information content (AvgIpc) is 2.14. The van der Waals surface area contributed by atoms with E-state index in [1.165, 1.54) is 0 Å². The van der Waals surface area contributed by atoms with Crippen molar-refractivity contribution in [1.29, 1.82) is 0 Å². The predicted molar refractivity (Wildman–Crippen MR) is 62.6 cm³/mol. The number of nitrogens with one attached hydrogen (secondary N) is 3. The van der Waals surface area contributed by atoms with Gasteiger partial charge in [0.2, 0.25) is 0 Å². The van der Waals surface area contributed by atoms with Gasteiger partial charge in [0.1, 0.15) is 5.16 Å². The molecule has 0 atom stereocenters. The fourth-order valence-electron chi connectivity index (χ4n) is 0.748. The lowest BCUT2D eigenvalue weighted by Crippen LogP contribution is -2.32. The largest absolute Gasteiger partial charge is 0.386 e. The normalized spacial score (nSPS) is 13.1. The number of aliphatic imine (C=N–C) groups is 1. The van der Waals surface area contributed by atoms with Crippen molar-refractivity contribution in [2.24, 2.45) is 4.99 Å². The Kier molecular flexibility index (Phi) is 6.12. The van der Waals surface area contributed by atoms with Crippen LogP contribution in [0, 0.1) is 0 Å². The molecule has 14 heavy (non-hydrogen) atoms. The summed E-state index contributed by atoms with van der Waals surface area (Å²) in [7, 11) is 3.59. The van der Waals surface area contributed by atoms with Gasteiger partial charge >= 0.3 is 0 Å². The van der Waals surface area contributed by atoms with Gasteiger partial charge in [-0.1, -0.05) is 11.6 Å². The predicted octanol–water partition coefficient (Wildman–Crippen LogP) is 0.859. The highest BCUT2D eigenvalue weighted by atomic mass is 35.5. The molecule has 3 N–H and O–H groups in total. The molecule has 0 spiro atoms. The molecule has 0 heterocycles. The molecule has 0 radical (unpaired) electrons. The topological polar surface area (TPSA) is 48.5 Å². The summed E-state index contributed by atoms with van der Waals surface area (Å²) in [4.78, 5) is 4.31. The molecule has 0 aromatic rings. The van der Waals surface area contributed by atoms with E-state index in [1.54, 1.807) is 19.6 Å². The maximum absolute atomic E-state index is 5.74. The molecular formula is C9H19ClN4. The van der Waals surface area contributed by atoms with Crippen LogP contribution in [0.15, 0.2) is 16.3 Å². The minimum absolute atomic E-state index is 0.148. The highest BCUT2D eigenvalue weighted by Crippen LogP contribution is 2.05. The van der Waals surface area contributed by atoms with Crippen molar-refractivity contribution in [3.63, 3.8) is 0 Å². The van der Waals surface area contributed by atoms with Crippen LogP contribution >= 0.6 is 11.6 Å². The lowest BCUT2D eigenvalue weighted by Gasteiger charge is -2.19. The van der Waals surface area contributed by atoms with Crippen molar-refractivity contribution in [2.45, 2.75) is 19.4 Å². The summed E-state index contributed by atoms with van der Waals surface area (Å²) in [5, 5.41) is 9.34. The van der Waals surface area contributed by atoms with E-state index in [9.17, 15) is 0 Å². The molecule has 0 saturated carbocycles. The van der Waals surface area contributed by atoms with Gasteiger partial charge in [-0.15, -0.1) is 0 Å². The Morgan fingerprint density at radius 1 is 1.43 bits per heavy atom. The molecule has 0 rings (SSSR count). The van der Waals surface area contributed by atoms with Crippen molar-refractivity contribution in [2.75, 3.05) is 20.6 Å². The van der Waals surface area contributed by atoms with E-state index < -0.39 is 0 Å². The Morgan fingerprint density at radius 2 is 2.07 bits per heavy atom. The SMILES string of the molecule is CN/C=N\C(C)(C)CN/C=C(\Cl)NC. The highest BCUT2D eigenvalue weighted by Gasteiger charge is 2.13. The summed E-state index contributed by atoms with van der Waals surface area (Å²) in [5.74, 6) is 0. The van der Waals surface area contributed by atoms with E-state index in [4.69, 9.17) is 11.6 Å². The molecule has 0 saturated heterocycles. The molecule has 5 heteroatoms. The van der Waals surface area contributed by atoms with E-state index >= 15 is 0 Å². The van der Waals surface area contributed by atoms with E-state index in [2.05, 4.69) is 20.9 Å². The standard InChI is InChI=1S/C9H19ClN4/c1-9(2,14-7-11-3)6-13-5-8(10)12-4/h5,7,12-13H,6H2,1-4H3,(H,11,14)/b8-5+. The molecule has 0 aliphatic heterocycles. The van der Waals surface area contributed by atoms with Crippen LogP contribution < -0.4 is 16.0 Å². The zero-order valence-corrected chi connectivity index (χ0v) is 9.94. The molecule has 0 aliphatic rings. The Morgan fingerprint density at radius 3 is 2.57 bits per heavy atom. The molecule has 0 bridgehead atoms. The second kappa shape index (κ2) is 6.54. The Labute approximate surface area is 90.8 Å². The van der Waals surface area contributed by atoms with Gasteiger partial charge in [-0.3, -0.25) is 4.99 Å². The van der Waals surface area contributed by atoms with Crippen LogP contribution in [0.25, 0.3) is 0 Å². The molecular weight excluding hydrogens is 200 g/mol. The molecule has 0 aromatic carbocycles. The Balaban J connectivity index is 3.93. The van der Waals surface area contributed by atoms with E-state index in [-0.39, 0.29) is 5.54 Å². The van der Waals surface area contributed by atoms with Gasteiger partial charge in [0.05, 0.1) is 11.9 Å². The van der Waals surface area contributed by atoms with Crippen LogP contribution in [0.1, 0.15) is 13.8 Å². The highest BCUT2D eigenvalue weighted by molar-refractivity contribution is 6.29. The molecule has 0 aromatic heterocycles. The summed E-state index contributed by atoms with van der Waals surface area (Å²) in [6.07, 6.45) is 3.41. The smallest absolute Gasteiger partial charge is 0.117 e. The number of nitrogens with zero attached hydrogens (tertiary/aromatic N) is 1. The summed E-state index contributed by atoms with van der Waals surface area (Å²) in [5.41, 5.74) is -0.148. The number of rotatable bonds is 6. The van der Waals surface area contributed by atoms with Crippen LogP contribution in [0.2, 0.25) is 0 Å². The van der Waals surface area contributed by atoms with Crippen molar-refractivity contribution in [3.05, 3.63) is 11.4 Å². The van der Waals surface area contributed by atoms with Gasteiger partial charge in [-0.05, 0) is 13.8 Å². The zero-order valence-electron chi connectivity index (χ0n) is 9.19. The molecule has 0 unspecified atom stereocenters. The van der Waals surface area contributed by atoms with E-state index in [0.717, 1.165) is 6.54 Å². The minimum atomic E-state index is -0.148. The summed E-state index contributed by atoms with van der Waals surface area (Å²) in [6, 6.07) is 0. The fraction of sp³-hybridized carbons (Fsp3) is 0.667. The van der Waals surface area contributed by atoms with Crippen molar-refractivity contribution >= 4 is 17.9 Å². The van der Waals surface area contributed by atoms with Crippen molar-refractivity contribution in [3.8, 4) is 0 Å². The average molecular weight is 219 g/mol. The first kappa shape index (κ1) is 13.1. The molecule has 4 nitrogen and oxygen atoms in total. The summed E-state index contributed by atoms with van der Waals surface area (Å²) >= 11 is 5.74. The van der Waals surface area contributed by atoms with Gasteiger partial charge in [-0.2, -0.15) is 0 Å². The van der Waals surface area contributed by atoms with Crippen molar-refractivity contribution < 1.29 is 0 Å². The first-order chi connectivity index (χ1) is 6.52. The molecule has 0 fully saturated rings. The molecule has 0 amide bonds. The Hall–Kier alpha value is -0.900. The zero-order chi connectivity index (χ0) is 11.0. The van der Waals surface area contributed by atoms with Crippen LogP contribution in [0.5, 0.6) is 0 Å². The number of hydrogen-bond acceptors (Lipinski definition) is 3. The summed E-state index contributed by atoms with van der Waals surface area (Å²) < 4.78 is 0. The third-order valence-electron chi connectivity index (χ3n) is 1.55. The summed E-state index contributed by atoms with van der Waals surface area (Å²) in [6.45, 7) is 4.80. The third kappa shape index (κ3) is 6.60. The lowest BCUT2D eigenvalue weighted by atomic mass is 10.1. The fourth-order valence-corrected chi connectivity index (χ4v) is 0.825. The van der Waals surface area contributed by atoms with Gasteiger partial charge in [0.25, 0.3) is 0 Å². The number of hydrogen-bond donors (Lipinski definition) is 3. The van der Waals surface area contributed by atoms with Crippen LogP contribution in [-0.4, -0.2) is 32.5 Å². The van der Waals surface area contributed by atoms with Gasteiger partial charge in [-0.25, -0.2) is 0 Å². The molecule has 0 aliphatic carbocycles. The monoisotopic (exact) mass is 218 g/mol. The van der Waals surface area contributed by atoms with Gasteiger partial charge in [0, 0.05) is 26.8 Å². The first-order valence-electron chi connectivity index (χ1n) is 4.49. The van der Waals surface area contributed by atoms with Gasteiger partial charge in [0.15, 0.2) is 0 Å². The maximum Gasteiger partial charge on any atom is 0.117 e. The first-order valence-corrected chi connectivity index (χ1v) is 4.87. The quantitative estimate of drug-likeness (QED) is 0.352. The molecule has 82 valence electrons. The van der Waals surface area contributed by atoms with Crippen LogP contribution in [-0.2, 0) is 0 Å². The number of halogens is 1. The van der Waals surface area contributed by atoms with E-state index in [1.807, 2.05) is 20.9 Å². The lowest BCUT2D eigenvalue weighted by molar-refractivity contribution is 0.503. The Bertz CT molecular complexity index is 211. The minimum Gasteiger partial charge on any atom is -0.386 e.